The second kappa shape index (κ2) is 7.85. The minimum atomic E-state index is -0.506. The van der Waals surface area contributed by atoms with Gasteiger partial charge in [-0.05, 0) is 74.4 Å². The van der Waals surface area contributed by atoms with Gasteiger partial charge in [0.25, 0.3) is 5.91 Å². The number of hydrogen-bond acceptors (Lipinski definition) is 2. The first-order valence-corrected chi connectivity index (χ1v) is 8.97. The Hall–Kier alpha value is -2.43. The number of aryl methyl sites for hydroxylation is 1. The normalized spacial score (nSPS) is 17.3. The van der Waals surface area contributed by atoms with E-state index in [-0.39, 0.29) is 23.1 Å². The third-order valence-corrected chi connectivity index (χ3v) is 5.11. The lowest BCUT2D eigenvalue weighted by atomic mass is 9.91. The zero-order valence-electron chi connectivity index (χ0n) is 14.8. The molecule has 2 aromatic rings. The zero-order valence-corrected chi connectivity index (χ0v) is 14.8. The van der Waals surface area contributed by atoms with Crippen LogP contribution in [-0.4, -0.2) is 29.0 Å². The average Bonchev–Trinajstić information content (AvgIpc) is 2.63. The van der Waals surface area contributed by atoms with Crippen molar-refractivity contribution in [2.75, 3.05) is 13.1 Å². The summed E-state index contributed by atoms with van der Waals surface area (Å²) in [5.41, 5.74) is 1.35. The topological polar surface area (TPSA) is 40.5 Å². The summed E-state index contributed by atoms with van der Waals surface area (Å²) in [5, 5.41) is 9.61. The van der Waals surface area contributed by atoms with Gasteiger partial charge in [0.1, 0.15) is 17.4 Å². The van der Waals surface area contributed by atoms with E-state index in [1.54, 1.807) is 24.0 Å². The molecule has 1 atom stereocenters. The Bertz CT molecular complexity index is 786. The predicted octanol–water partition coefficient (Wildman–Crippen LogP) is 4.46. The lowest BCUT2D eigenvalue weighted by Crippen LogP contribution is -2.40. The lowest BCUT2D eigenvalue weighted by molar-refractivity contribution is 0.0668. The number of benzene rings is 2. The van der Waals surface area contributed by atoms with Crippen molar-refractivity contribution >= 4 is 5.91 Å². The molecule has 1 amide bonds. The Morgan fingerprint density at radius 3 is 2.65 bits per heavy atom. The van der Waals surface area contributed by atoms with Crippen LogP contribution < -0.4 is 0 Å². The molecule has 0 radical (unpaired) electrons. The number of amides is 1. The van der Waals surface area contributed by atoms with E-state index in [4.69, 9.17) is 0 Å². The summed E-state index contributed by atoms with van der Waals surface area (Å²) in [6.07, 6.45) is 2.82. The number of carbonyl (C=O) groups excluding carboxylic acids is 1. The first-order valence-electron chi connectivity index (χ1n) is 8.97. The van der Waals surface area contributed by atoms with Crippen LogP contribution in [-0.2, 0) is 6.42 Å². The quantitative estimate of drug-likeness (QED) is 0.875. The smallest absolute Gasteiger partial charge is 0.253 e. The molecule has 1 aliphatic rings. The second-order valence-electron chi connectivity index (χ2n) is 7.00. The molecule has 3 nitrogen and oxygen atoms in total. The molecule has 0 aromatic heterocycles. The number of phenolic OH excluding ortho intramolecular Hbond substituents is 1. The predicted molar refractivity (Wildman–Crippen MR) is 96.2 cm³/mol. The van der Waals surface area contributed by atoms with Crippen LogP contribution in [0.15, 0.2) is 36.4 Å². The van der Waals surface area contributed by atoms with Gasteiger partial charge in [-0.3, -0.25) is 4.79 Å². The Morgan fingerprint density at radius 2 is 1.96 bits per heavy atom. The SMILES string of the molecule is Cc1cc(C(=O)N2CCCC(CCc3c(F)cccc3F)C2)ccc1O. The van der Waals surface area contributed by atoms with Gasteiger partial charge in [-0.25, -0.2) is 8.78 Å². The number of hydrogen-bond donors (Lipinski definition) is 1. The van der Waals surface area contributed by atoms with Gasteiger partial charge in [0, 0.05) is 24.2 Å². The summed E-state index contributed by atoms with van der Waals surface area (Å²) >= 11 is 0. The molecule has 0 bridgehead atoms. The summed E-state index contributed by atoms with van der Waals surface area (Å²) in [4.78, 5) is 14.5. The molecule has 1 N–H and O–H groups in total. The van der Waals surface area contributed by atoms with E-state index in [9.17, 15) is 18.7 Å². The monoisotopic (exact) mass is 359 g/mol. The highest BCUT2D eigenvalue weighted by atomic mass is 19.1. The van der Waals surface area contributed by atoms with E-state index in [0.717, 1.165) is 12.8 Å². The molecule has 1 heterocycles. The highest BCUT2D eigenvalue weighted by Gasteiger charge is 2.25. The van der Waals surface area contributed by atoms with E-state index >= 15 is 0 Å². The highest BCUT2D eigenvalue weighted by molar-refractivity contribution is 5.94. The van der Waals surface area contributed by atoms with E-state index in [2.05, 4.69) is 0 Å². The third-order valence-electron chi connectivity index (χ3n) is 5.11. The number of carbonyl (C=O) groups is 1. The fourth-order valence-electron chi connectivity index (χ4n) is 3.58. The molecule has 5 heteroatoms. The molecule has 1 fully saturated rings. The largest absolute Gasteiger partial charge is 0.508 e. The maximum Gasteiger partial charge on any atom is 0.253 e. The van der Waals surface area contributed by atoms with Gasteiger partial charge in [-0.1, -0.05) is 6.07 Å². The van der Waals surface area contributed by atoms with Crippen molar-refractivity contribution in [3.63, 3.8) is 0 Å². The van der Waals surface area contributed by atoms with Crippen molar-refractivity contribution in [1.29, 1.82) is 0 Å². The zero-order chi connectivity index (χ0) is 18.7. The van der Waals surface area contributed by atoms with Crippen LogP contribution in [0.1, 0.15) is 40.7 Å². The molecule has 1 saturated heterocycles. The van der Waals surface area contributed by atoms with Gasteiger partial charge < -0.3 is 10.0 Å². The Labute approximate surface area is 152 Å². The Morgan fingerprint density at radius 1 is 1.23 bits per heavy atom. The summed E-state index contributed by atoms with van der Waals surface area (Å²) in [7, 11) is 0. The molecule has 0 aliphatic carbocycles. The standard InChI is InChI=1S/C21H23F2NO2/c1-14-12-16(8-10-20(14)25)21(26)24-11-3-4-15(13-24)7-9-17-18(22)5-2-6-19(17)23/h2,5-6,8,10,12,15,25H,3-4,7,9,11,13H2,1H3. The molecule has 26 heavy (non-hydrogen) atoms. The molecule has 1 unspecified atom stereocenters. The van der Waals surface area contributed by atoms with Gasteiger partial charge >= 0.3 is 0 Å². The first kappa shape index (κ1) is 18.4. The number of rotatable bonds is 4. The summed E-state index contributed by atoms with van der Waals surface area (Å²) in [6, 6.07) is 8.78. The van der Waals surface area contributed by atoms with Crippen LogP contribution in [0.3, 0.4) is 0 Å². The Balaban J connectivity index is 1.63. The Kier molecular flexibility index (Phi) is 5.55. The van der Waals surface area contributed by atoms with Gasteiger partial charge in [-0.2, -0.15) is 0 Å². The van der Waals surface area contributed by atoms with Gasteiger partial charge in [0.05, 0.1) is 0 Å². The number of phenols is 1. The average molecular weight is 359 g/mol. The summed E-state index contributed by atoms with van der Waals surface area (Å²) in [6.45, 7) is 3.03. The van der Waals surface area contributed by atoms with Crippen molar-refractivity contribution in [3.05, 3.63) is 64.7 Å². The van der Waals surface area contributed by atoms with Crippen molar-refractivity contribution in [2.45, 2.75) is 32.6 Å². The maximum atomic E-state index is 13.8. The second-order valence-corrected chi connectivity index (χ2v) is 7.00. The number of nitrogens with zero attached hydrogens (tertiary/aromatic N) is 1. The molecule has 1 aliphatic heterocycles. The third kappa shape index (κ3) is 4.03. The molecule has 0 spiro atoms. The molecular weight excluding hydrogens is 336 g/mol. The van der Waals surface area contributed by atoms with Crippen LogP contribution in [0.5, 0.6) is 5.75 Å². The lowest BCUT2D eigenvalue weighted by Gasteiger charge is -2.33. The van der Waals surface area contributed by atoms with Crippen LogP contribution >= 0.6 is 0 Å². The minimum Gasteiger partial charge on any atom is -0.508 e. The van der Waals surface area contributed by atoms with Gasteiger partial charge in [0.15, 0.2) is 0 Å². The molecule has 3 rings (SSSR count). The van der Waals surface area contributed by atoms with Crippen molar-refractivity contribution in [3.8, 4) is 5.75 Å². The van der Waals surface area contributed by atoms with Gasteiger partial charge in [-0.15, -0.1) is 0 Å². The van der Waals surface area contributed by atoms with E-state index in [0.29, 0.717) is 37.1 Å². The van der Waals surface area contributed by atoms with E-state index < -0.39 is 11.6 Å². The van der Waals surface area contributed by atoms with E-state index in [1.807, 2.05) is 0 Å². The van der Waals surface area contributed by atoms with Crippen molar-refractivity contribution in [2.24, 2.45) is 5.92 Å². The first-order chi connectivity index (χ1) is 12.5. The van der Waals surface area contributed by atoms with E-state index in [1.165, 1.54) is 24.3 Å². The van der Waals surface area contributed by atoms with Crippen molar-refractivity contribution < 1.29 is 18.7 Å². The van der Waals surface area contributed by atoms with Crippen LogP contribution in [0, 0.1) is 24.5 Å². The number of halogens is 2. The fourth-order valence-corrected chi connectivity index (χ4v) is 3.58. The van der Waals surface area contributed by atoms with Crippen LogP contribution in [0.2, 0.25) is 0 Å². The van der Waals surface area contributed by atoms with Crippen LogP contribution in [0.25, 0.3) is 0 Å². The summed E-state index contributed by atoms with van der Waals surface area (Å²) in [5.74, 6) is -0.675. The van der Waals surface area contributed by atoms with Crippen molar-refractivity contribution in [1.82, 2.24) is 4.90 Å². The van der Waals surface area contributed by atoms with Crippen LogP contribution in [0.4, 0.5) is 8.78 Å². The number of likely N-dealkylation sites (tertiary alicyclic amines) is 1. The summed E-state index contributed by atoms with van der Waals surface area (Å²) < 4.78 is 27.6. The molecular formula is C21H23F2NO2. The molecule has 0 saturated carbocycles. The maximum absolute atomic E-state index is 13.8. The number of piperidine rings is 1. The van der Waals surface area contributed by atoms with Gasteiger partial charge in [0.2, 0.25) is 0 Å². The molecule has 138 valence electrons. The molecule has 2 aromatic carbocycles. The fraction of sp³-hybridized carbons (Fsp3) is 0.381. The highest BCUT2D eigenvalue weighted by Crippen LogP contribution is 2.25. The number of aromatic hydroxyl groups is 1. The minimum absolute atomic E-state index is 0.0603.